The summed E-state index contributed by atoms with van der Waals surface area (Å²) in [6.07, 6.45) is 0. The van der Waals surface area contributed by atoms with Crippen LogP contribution < -0.4 is 39.9 Å². The summed E-state index contributed by atoms with van der Waals surface area (Å²) in [6, 6.07) is 34.8. The van der Waals surface area contributed by atoms with Gasteiger partial charge in [-0.25, -0.2) is 0 Å². The third-order valence-electron chi connectivity index (χ3n) is 11.8. The SMILES string of the molecule is COc1ccc(C(N)c2ccc(OCC(C)(C)COCC(C)(C)COCc3cccc(COCC(C)(C)COCC(C)(C)COc4ccc(C(N)c5ccc(OC)cc5OC)cc4)c3)cc2)c(OC)c1. The van der Waals surface area contributed by atoms with Gasteiger partial charge in [0.2, 0.25) is 0 Å². The zero-order chi connectivity index (χ0) is 51.0. The van der Waals surface area contributed by atoms with Gasteiger partial charge >= 0.3 is 0 Å². The van der Waals surface area contributed by atoms with Crippen LogP contribution in [-0.2, 0) is 32.2 Å². The molecule has 0 radical (unpaired) electrons. The first kappa shape index (κ1) is 55.6. The molecule has 0 aromatic heterocycles. The van der Waals surface area contributed by atoms with E-state index in [1.54, 1.807) is 28.4 Å². The van der Waals surface area contributed by atoms with E-state index in [0.717, 1.165) is 56.4 Å². The molecule has 0 aliphatic rings. The monoisotopic (exact) mass is 965 g/mol. The van der Waals surface area contributed by atoms with Crippen LogP contribution in [0.25, 0.3) is 0 Å². The summed E-state index contributed by atoms with van der Waals surface area (Å²) in [5, 5.41) is 0. The van der Waals surface area contributed by atoms with Crippen LogP contribution in [0.2, 0.25) is 0 Å². The normalized spacial score (nSPS) is 13.1. The number of methoxy groups -OCH3 is 4. The summed E-state index contributed by atoms with van der Waals surface area (Å²) in [5.74, 6) is 4.36. The molecule has 0 bridgehead atoms. The maximum absolute atomic E-state index is 6.62. The highest BCUT2D eigenvalue weighted by Crippen LogP contribution is 2.34. The van der Waals surface area contributed by atoms with Crippen molar-refractivity contribution in [1.82, 2.24) is 0 Å². The van der Waals surface area contributed by atoms with E-state index >= 15 is 0 Å². The molecule has 4 N–H and O–H groups in total. The molecule has 2 atom stereocenters. The predicted octanol–water partition coefficient (Wildman–Crippen LogP) is 11.1. The van der Waals surface area contributed by atoms with Crippen molar-refractivity contribution in [2.45, 2.75) is 80.7 Å². The van der Waals surface area contributed by atoms with Crippen molar-refractivity contribution in [2.75, 3.05) is 81.3 Å². The summed E-state index contributed by atoms with van der Waals surface area (Å²) in [7, 11) is 6.52. The van der Waals surface area contributed by atoms with Crippen LogP contribution in [0, 0.1) is 21.7 Å². The van der Waals surface area contributed by atoms with Gasteiger partial charge in [0, 0.05) is 44.9 Å². The molecule has 0 spiro atoms. The molecule has 5 aromatic carbocycles. The van der Waals surface area contributed by atoms with Crippen molar-refractivity contribution in [1.29, 1.82) is 0 Å². The third-order valence-corrected chi connectivity index (χ3v) is 11.8. The number of ether oxygens (including phenoxy) is 10. The van der Waals surface area contributed by atoms with Crippen LogP contribution in [0.15, 0.2) is 109 Å². The molecule has 12 nitrogen and oxygen atoms in total. The minimum atomic E-state index is -0.353. The Balaban J connectivity index is 0.953. The second-order valence-electron chi connectivity index (χ2n) is 21.3. The molecule has 5 aromatic rings. The van der Waals surface area contributed by atoms with E-state index in [2.05, 4.69) is 79.7 Å². The van der Waals surface area contributed by atoms with E-state index in [1.807, 2.05) is 84.9 Å². The van der Waals surface area contributed by atoms with Crippen LogP contribution in [0.1, 0.15) is 101 Å². The van der Waals surface area contributed by atoms with Crippen LogP contribution in [0.5, 0.6) is 34.5 Å². The molecule has 5 rings (SSSR count). The molecule has 382 valence electrons. The Morgan fingerprint density at radius 3 is 1.04 bits per heavy atom. The number of hydrogen-bond acceptors (Lipinski definition) is 12. The largest absolute Gasteiger partial charge is 0.497 e. The quantitative estimate of drug-likeness (QED) is 0.0452. The first-order valence-electron chi connectivity index (χ1n) is 24.0. The Bertz CT molecular complexity index is 2190. The van der Waals surface area contributed by atoms with Crippen LogP contribution >= 0.6 is 0 Å². The van der Waals surface area contributed by atoms with Gasteiger partial charge in [-0.2, -0.15) is 0 Å². The van der Waals surface area contributed by atoms with E-state index < -0.39 is 0 Å². The van der Waals surface area contributed by atoms with E-state index in [9.17, 15) is 0 Å². The molecule has 0 aliphatic carbocycles. The van der Waals surface area contributed by atoms with Crippen molar-refractivity contribution in [2.24, 2.45) is 33.1 Å². The third kappa shape index (κ3) is 17.5. The second kappa shape index (κ2) is 25.7. The van der Waals surface area contributed by atoms with Gasteiger partial charge in [-0.05, 0) is 70.8 Å². The molecule has 0 amide bonds. The summed E-state index contributed by atoms with van der Waals surface area (Å²) >= 11 is 0. The summed E-state index contributed by atoms with van der Waals surface area (Å²) in [5.41, 5.74) is 18.4. The number of hydrogen-bond donors (Lipinski definition) is 2. The van der Waals surface area contributed by atoms with Crippen LogP contribution in [0.4, 0.5) is 0 Å². The van der Waals surface area contributed by atoms with E-state index in [-0.39, 0.29) is 33.7 Å². The van der Waals surface area contributed by atoms with Gasteiger partial charge in [-0.1, -0.05) is 104 Å². The fourth-order valence-corrected chi connectivity index (χ4v) is 7.68. The molecule has 12 heteroatoms. The summed E-state index contributed by atoms with van der Waals surface area (Å²) in [4.78, 5) is 0. The second-order valence-corrected chi connectivity index (χ2v) is 21.3. The van der Waals surface area contributed by atoms with Gasteiger partial charge in [0.05, 0.1) is 107 Å². The highest BCUT2D eigenvalue weighted by Gasteiger charge is 2.26. The van der Waals surface area contributed by atoms with Gasteiger partial charge in [-0.15, -0.1) is 0 Å². The predicted molar refractivity (Wildman–Crippen MR) is 278 cm³/mol. The molecular formula is C58H80N2O10. The highest BCUT2D eigenvalue weighted by atomic mass is 16.5. The maximum Gasteiger partial charge on any atom is 0.127 e. The first-order valence-corrected chi connectivity index (χ1v) is 24.0. The molecule has 0 heterocycles. The van der Waals surface area contributed by atoms with Crippen molar-refractivity contribution in [3.8, 4) is 34.5 Å². The van der Waals surface area contributed by atoms with E-state index in [4.69, 9.17) is 58.8 Å². The number of nitrogens with two attached hydrogens (primary N) is 2. The van der Waals surface area contributed by atoms with Crippen molar-refractivity contribution < 1.29 is 47.4 Å². The molecule has 70 heavy (non-hydrogen) atoms. The van der Waals surface area contributed by atoms with E-state index in [0.29, 0.717) is 77.6 Å². The van der Waals surface area contributed by atoms with Gasteiger partial charge in [0.1, 0.15) is 34.5 Å². The van der Waals surface area contributed by atoms with Gasteiger partial charge in [0.15, 0.2) is 0 Å². The molecule has 0 aliphatic heterocycles. The molecule has 0 saturated carbocycles. The van der Waals surface area contributed by atoms with Crippen molar-refractivity contribution in [3.63, 3.8) is 0 Å². The van der Waals surface area contributed by atoms with Crippen LogP contribution in [-0.4, -0.2) is 81.3 Å². The lowest BCUT2D eigenvalue weighted by molar-refractivity contribution is -0.0371. The highest BCUT2D eigenvalue weighted by molar-refractivity contribution is 5.48. The van der Waals surface area contributed by atoms with Gasteiger partial charge < -0.3 is 58.8 Å². The minimum Gasteiger partial charge on any atom is -0.497 e. The Labute approximate surface area is 418 Å². The number of benzene rings is 5. The lowest BCUT2D eigenvalue weighted by Gasteiger charge is -2.29. The maximum atomic E-state index is 6.62. The fourth-order valence-electron chi connectivity index (χ4n) is 7.68. The van der Waals surface area contributed by atoms with Crippen molar-refractivity contribution in [3.05, 3.63) is 143 Å². The smallest absolute Gasteiger partial charge is 0.127 e. The standard InChI is InChI=1S/C58H80N2O10/c1-55(2,35-67-37-57(5,6)39-69-45-20-16-43(17-21-45)53(59)49-26-24-47(61-9)29-51(49)63-11)33-65-31-41-14-13-15-42(28-41)32-66-34-56(3,4)36-68-38-58(7,8)40-70-46-22-18-44(19-23-46)54(60)50-27-25-48(62-10)30-52(50)64-12/h13-30,53-54H,31-40,59-60H2,1-12H3. The van der Waals surface area contributed by atoms with E-state index in [1.165, 1.54) is 0 Å². The van der Waals surface area contributed by atoms with Gasteiger partial charge in [0.25, 0.3) is 0 Å². The Morgan fingerprint density at radius 2 is 0.700 bits per heavy atom. The molecule has 2 unspecified atom stereocenters. The van der Waals surface area contributed by atoms with Crippen molar-refractivity contribution >= 4 is 0 Å². The van der Waals surface area contributed by atoms with Crippen LogP contribution in [0.3, 0.4) is 0 Å². The molecule has 0 saturated heterocycles. The zero-order valence-corrected chi connectivity index (χ0v) is 43.9. The minimum absolute atomic E-state index is 0.175. The Morgan fingerprint density at radius 1 is 0.371 bits per heavy atom. The lowest BCUT2D eigenvalue weighted by atomic mass is 9.94. The first-order chi connectivity index (χ1) is 33.2. The molecule has 0 fully saturated rings. The lowest BCUT2D eigenvalue weighted by Crippen LogP contribution is -2.31. The fraction of sp³-hybridized carbons (Fsp3) is 0.483. The Kier molecular flexibility index (Phi) is 20.4. The summed E-state index contributed by atoms with van der Waals surface area (Å²) < 4.78 is 59.1. The topological polar surface area (TPSA) is 144 Å². The average Bonchev–Trinajstić information content (AvgIpc) is 3.34. The average molecular weight is 965 g/mol. The number of rotatable bonds is 30. The van der Waals surface area contributed by atoms with Gasteiger partial charge in [-0.3, -0.25) is 0 Å². The summed E-state index contributed by atoms with van der Waals surface area (Å²) in [6.45, 7) is 22.6. The Hall–Kier alpha value is -5.34. The zero-order valence-electron chi connectivity index (χ0n) is 43.9. The molecular weight excluding hydrogens is 885 g/mol.